The van der Waals surface area contributed by atoms with E-state index in [4.69, 9.17) is 0 Å². The van der Waals surface area contributed by atoms with Crippen molar-refractivity contribution in [3.63, 3.8) is 0 Å². The molecule has 2 heterocycles. The summed E-state index contributed by atoms with van der Waals surface area (Å²) in [7, 11) is 0. The second kappa shape index (κ2) is 7.54. The van der Waals surface area contributed by atoms with Gasteiger partial charge < -0.3 is 10.2 Å². The minimum Gasteiger partial charge on any atom is -0.346 e. The third-order valence-electron chi connectivity index (χ3n) is 3.90. The molecule has 2 aromatic rings. The summed E-state index contributed by atoms with van der Waals surface area (Å²) >= 11 is 1.49. The van der Waals surface area contributed by atoms with Gasteiger partial charge in [-0.1, -0.05) is 0 Å². The van der Waals surface area contributed by atoms with E-state index in [0.717, 1.165) is 5.13 Å². The van der Waals surface area contributed by atoms with E-state index < -0.39 is 40.7 Å². The maximum atomic E-state index is 13.6. The normalized spacial score (nSPS) is 15.3. The van der Waals surface area contributed by atoms with Crippen molar-refractivity contribution >= 4 is 28.1 Å². The fourth-order valence-electron chi connectivity index (χ4n) is 2.57. The molecule has 1 N–H and O–H groups in total. The van der Waals surface area contributed by atoms with E-state index in [9.17, 15) is 26.7 Å². The Labute approximate surface area is 149 Å². The predicted molar refractivity (Wildman–Crippen MR) is 85.6 cm³/mol. The first-order valence-electron chi connectivity index (χ1n) is 7.56. The molecule has 3 rings (SSSR count). The van der Waals surface area contributed by atoms with Gasteiger partial charge in [-0.3, -0.25) is 9.69 Å². The molecule has 1 saturated heterocycles. The van der Waals surface area contributed by atoms with Crippen LogP contribution in [-0.2, 0) is 4.79 Å². The molecule has 0 saturated carbocycles. The highest BCUT2D eigenvalue weighted by molar-refractivity contribution is 7.13. The average molecular weight is 392 g/mol. The van der Waals surface area contributed by atoms with E-state index in [1.54, 1.807) is 16.4 Å². The highest BCUT2D eigenvalue weighted by Gasteiger charge is 2.27. The molecule has 1 aliphatic rings. The van der Waals surface area contributed by atoms with E-state index in [0.29, 0.717) is 26.2 Å². The molecule has 140 valence electrons. The molecule has 5 nitrogen and oxygen atoms in total. The Hall–Kier alpha value is -2.27. The van der Waals surface area contributed by atoms with Crippen LogP contribution in [0.1, 0.15) is 0 Å². The minimum absolute atomic E-state index is 0.231. The van der Waals surface area contributed by atoms with Crippen LogP contribution in [0, 0.1) is 29.1 Å². The lowest BCUT2D eigenvalue weighted by Crippen LogP contribution is -2.48. The molecule has 11 heteroatoms. The summed E-state index contributed by atoms with van der Waals surface area (Å²) in [5.74, 6) is -11.5. The van der Waals surface area contributed by atoms with E-state index in [1.807, 2.05) is 10.3 Å². The van der Waals surface area contributed by atoms with Crippen molar-refractivity contribution in [1.29, 1.82) is 0 Å². The summed E-state index contributed by atoms with van der Waals surface area (Å²) in [6.07, 6.45) is 1.68. The number of benzene rings is 1. The third kappa shape index (κ3) is 3.63. The first-order valence-corrected chi connectivity index (χ1v) is 8.44. The monoisotopic (exact) mass is 392 g/mol. The number of nitrogens with one attached hydrogen (secondary N) is 1. The number of halogens is 5. The van der Waals surface area contributed by atoms with Crippen molar-refractivity contribution in [2.45, 2.75) is 0 Å². The molecule has 1 amide bonds. The zero-order valence-electron chi connectivity index (χ0n) is 13.2. The fraction of sp³-hybridized carbons (Fsp3) is 0.333. The molecule has 1 fully saturated rings. The van der Waals surface area contributed by atoms with Crippen LogP contribution in [0.5, 0.6) is 0 Å². The van der Waals surface area contributed by atoms with Crippen molar-refractivity contribution in [2.75, 3.05) is 42.9 Å². The largest absolute Gasteiger partial charge is 0.346 e. The Bertz CT molecular complexity index is 780. The third-order valence-corrected chi connectivity index (χ3v) is 4.74. The molecular weight excluding hydrogens is 379 g/mol. The van der Waals surface area contributed by atoms with E-state index in [-0.39, 0.29) is 6.54 Å². The summed E-state index contributed by atoms with van der Waals surface area (Å²) in [6.45, 7) is 1.95. The Morgan fingerprint density at radius 1 is 1.00 bits per heavy atom. The van der Waals surface area contributed by atoms with Gasteiger partial charge in [0.05, 0.1) is 6.54 Å². The van der Waals surface area contributed by atoms with Gasteiger partial charge in [0.15, 0.2) is 28.4 Å². The first-order chi connectivity index (χ1) is 12.4. The fourth-order valence-corrected chi connectivity index (χ4v) is 3.26. The molecule has 1 aromatic carbocycles. The van der Waals surface area contributed by atoms with Gasteiger partial charge in [-0.15, -0.1) is 11.3 Å². The maximum absolute atomic E-state index is 13.6. The number of rotatable bonds is 4. The second-order valence-corrected chi connectivity index (χ2v) is 6.44. The van der Waals surface area contributed by atoms with Crippen LogP contribution in [0.25, 0.3) is 0 Å². The van der Waals surface area contributed by atoms with Crippen LogP contribution in [0.2, 0.25) is 0 Å². The first kappa shape index (κ1) is 18.5. The number of anilines is 2. The summed E-state index contributed by atoms with van der Waals surface area (Å²) in [4.78, 5) is 19.9. The van der Waals surface area contributed by atoms with Crippen molar-refractivity contribution in [3.05, 3.63) is 40.7 Å². The summed E-state index contributed by atoms with van der Waals surface area (Å²) in [6, 6.07) is 0. The highest BCUT2D eigenvalue weighted by atomic mass is 32.1. The van der Waals surface area contributed by atoms with Gasteiger partial charge in [-0.25, -0.2) is 26.9 Å². The quantitative estimate of drug-likeness (QED) is 0.494. The van der Waals surface area contributed by atoms with Crippen LogP contribution in [0.4, 0.5) is 32.8 Å². The van der Waals surface area contributed by atoms with Gasteiger partial charge in [0.1, 0.15) is 5.69 Å². The number of thiazole rings is 1. The smallest absolute Gasteiger partial charge is 0.238 e. The Morgan fingerprint density at radius 2 is 1.58 bits per heavy atom. The molecule has 0 atom stereocenters. The van der Waals surface area contributed by atoms with Gasteiger partial charge >= 0.3 is 0 Å². The molecule has 1 aromatic heterocycles. The SMILES string of the molecule is O=C(CN1CCN(c2nccs2)CC1)Nc1c(F)c(F)c(F)c(F)c1F. The zero-order chi connectivity index (χ0) is 18.8. The molecule has 1 aliphatic heterocycles. The number of amides is 1. The molecule has 0 aliphatic carbocycles. The highest BCUT2D eigenvalue weighted by Crippen LogP contribution is 2.27. The molecule has 0 unspecified atom stereocenters. The number of aromatic nitrogens is 1. The zero-order valence-corrected chi connectivity index (χ0v) is 14.1. The van der Waals surface area contributed by atoms with Crippen LogP contribution in [0.15, 0.2) is 11.6 Å². The average Bonchev–Trinajstić information content (AvgIpc) is 3.17. The van der Waals surface area contributed by atoms with Crippen LogP contribution >= 0.6 is 11.3 Å². The van der Waals surface area contributed by atoms with Crippen molar-refractivity contribution in [3.8, 4) is 0 Å². The van der Waals surface area contributed by atoms with Crippen LogP contribution < -0.4 is 10.2 Å². The Morgan fingerprint density at radius 3 is 2.12 bits per heavy atom. The van der Waals surface area contributed by atoms with Crippen molar-refractivity contribution in [2.24, 2.45) is 0 Å². The van der Waals surface area contributed by atoms with Gasteiger partial charge in [0.2, 0.25) is 11.7 Å². The molecule has 26 heavy (non-hydrogen) atoms. The summed E-state index contributed by atoms with van der Waals surface area (Å²) in [5, 5.41) is 4.48. The molecule has 0 radical (unpaired) electrons. The van der Waals surface area contributed by atoms with Gasteiger partial charge in [0.25, 0.3) is 0 Å². The van der Waals surface area contributed by atoms with Crippen LogP contribution in [-0.4, -0.2) is 48.5 Å². The minimum atomic E-state index is -2.27. The lowest BCUT2D eigenvalue weighted by molar-refractivity contribution is -0.117. The van der Waals surface area contributed by atoms with Gasteiger partial charge in [-0.2, -0.15) is 0 Å². The standard InChI is InChI=1S/C15H13F5N4OS/c16-9-10(17)12(19)14(13(20)11(9)18)22-8(25)7-23-2-4-24(5-3-23)15-21-1-6-26-15/h1,6H,2-5,7H2,(H,22,25). The number of hydrogen-bond donors (Lipinski definition) is 1. The van der Waals surface area contributed by atoms with Crippen LogP contribution in [0.3, 0.4) is 0 Å². The maximum Gasteiger partial charge on any atom is 0.238 e. The topological polar surface area (TPSA) is 48.5 Å². The number of hydrogen-bond acceptors (Lipinski definition) is 5. The van der Waals surface area contributed by atoms with E-state index >= 15 is 0 Å². The predicted octanol–water partition coefficient (Wildman–Crippen LogP) is 2.60. The Balaban J connectivity index is 1.60. The van der Waals surface area contributed by atoms with E-state index in [1.165, 1.54) is 11.3 Å². The van der Waals surface area contributed by atoms with Crippen molar-refractivity contribution < 1.29 is 26.7 Å². The molecule has 0 spiro atoms. The lowest BCUT2D eigenvalue weighted by Gasteiger charge is -2.34. The van der Waals surface area contributed by atoms with Gasteiger partial charge in [-0.05, 0) is 0 Å². The van der Waals surface area contributed by atoms with Crippen molar-refractivity contribution in [1.82, 2.24) is 9.88 Å². The van der Waals surface area contributed by atoms with E-state index in [2.05, 4.69) is 4.98 Å². The summed E-state index contributed by atoms with van der Waals surface area (Å²) in [5.41, 5.74) is -1.34. The summed E-state index contributed by atoms with van der Waals surface area (Å²) < 4.78 is 66.5. The Kier molecular flexibility index (Phi) is 5.37. The molecule has 0 bridgehead atoms. The number of nitrogens with zero attached hydrogens (tertiary/aromatic N) is 3. The second-order valence-electron chi connectivity index (χ2n) is 5.57. The molecular formula is C15H13F5N4OS. The number of carbonyl (C=O) groups excluding carboxylic acids is 1. The number of piperazine rings is 1. The number of carbonyl (C=O) groups is 1. The van der Waals surface area contributed by atoms with Gasteiger partial charge in [0, 0.05) is 37.8 Å². The lowest BCUT2D eigenvalue weighted by atomic mass is 10.2.